The van der Waals surface area contributed by atoms with Crippen LogP contribution in [0.3, 0.4) is 0 Å². The third-order valence-electron chi connectivity index (χ3n) is 3.46. The highest BCUT2D eigenvalue weighted by Crippen LogP contribution is 2.22. The number of hydrogen-bond donors (Lipinski definition) is 2. The fourth-order valence-corrected chi connectivity index (χ4v) is 3.69. The van der Waals surface area contributed by atoms with Gasteiger partial charge in [0.15, 0.2) is 0 Å². The van der Waals surface area contributed by atoms with E-state index in [1.54, 1.807) is 6.92 Å². The van der Waals surface area contributed by atoms with Gasteiger partial charge in [-0.15, -0.1) is 10.2 Å². The van der Waals surface area contributed by atoms with Gasteiger partial charge < -0.3 is 0 Å². The van der Waals surface area contributed by atoms with Crippen molar-refractivity contribution in [3.05, 3.63) is 64.9 Å². The van der Waals surface area contributed by atoms with Crippen LogP contribution in [0, 0.1) is 12.7 Å². The minimum atomic E-state index is -4.07. The van der Waals surface area contributed by atoms with Crippen molar-refractivity contribution < 1.29 is 17.6 Å². The van der Waals surface area contributed by atoms with E-state index in [0.29, 0.717) is 10.7 Å². The molecule has 1 heterocycles. The van der Waals surface area contributed by atoms with Crippen LogP contribution in [-0.2, 0) is 10.0 Å². The Balaban J connectivity index is 1.91. The number of anilines is 2. The van der Waals surface area contributed by atoms with Crippen LogP contribution in [0.2, 0.25) is 0 Å². The van der Waals surface area contributed by atoms with E-state index in [9.17, 15) is 17.6 Å². The third-order valence-corrected chi connectivity index (χ3v) is 5.43. The van der Waals surface area contributed by atoms with Gasteiger partial charge in [-0.05, 0) is 36.8 Å². The van der Waals surface area contributed by atoms with Crippen LogP contribution in [0.5, 0.6) is 0 Å². The number of aryl methyl sites for hydroxylation is 1. The molecule has 134 valence electrons. The number of benzene rings is 2. The van der Waals surface area contributed by atoms with E-state index in [4.69, 9.17) is 0 Å². The van der Waals surface area contributed by atoms with E-state index < -0.39 is 21.7 Å². The van der Waals surface area contributed by atoms with Gasteiger partial charge in [-0.1, -0.05) is 29.5 Å². The molecule has 0 bridgehead atoms. The van der Waals surface area contributed by atoms with Crippen molar-refractivity contribution in [2.45, 2.75) is 11.8 Å². The summed E-state index contributed by atoms with van der Waals surface area (Å²) >= 11 is 1.14. The molecule has 0 saturated heterocycles. The molecule has 3 aromatic rings. The summed E-state index contributed by atoms with van der Waals surface area (Å²) in [6.45, 7) is 1.68. The monoisotopic (exact) mass is 392 g/mol. The topological polar surface area (TPSA) is 101 Å². The highest BCUT2D eigenvalue weighted by atomic mass is 32.2. The van der Waals surface area contributed by atoms with Gasteiger partial charge >= 0.3 is 0 Å². The molecule has 0 saturated carbocycles. The number of aromatic nitrogens is 2. The first-order valence-corrected chi connectivity index (χ1v) is 9.68. The normalized spacial score (nSPS) is 11.2. The number of para-hydroxylation sites is 1. The molecule has 3 rings (SSSR count). The number of nitrogens with one attached hydrogen (secondary N) is 2. The fourth-order valence-electron chi connectivity index (χ4n) is 2.15. The van der Waals surface area contributed by atoms with E-state index in [1.807, 2.05) is 0 Å². The molecule has 2 N–H and O–H groups in total. The van der Waals surface area contributed by atoms with E-state index in [0.717, 1.165) is 17.4 Å². The second-order valence-electron chi connectivity index (χ2n) is 5.26. The number of amides is 1. The maximum atomic E-state index is 13.7. The largest absolute Gasteiger partial charge is 0.296 e. The molecule has 7 nitrogen and oxygen atoms in total. The van der Waals surface area contributed by atoms with Crippen LogP contribution in [0.4, 0.5) is 15.2 Å². The van der Waals surface area contributed by atoms with E-state index in [-0.39, 0.29) is 16.1 Å². The standard InChI is InChI=1S/C16H13FN4O3S2/c1-10-6-7-11(8-12(10)15(22)19-16-20-18-9-25-16)26(23,24)21-14-5-3-2-4-13(14)17/h2-9,21H,1H3,(H,19,20,22). The minimum Gasteiger partial charge on any atom is -0.296 e. The summed E-state index contributed by atoms with van der Waals surface area (Å²) in [6, 6.07) is 9.50. The second kappa shape index (κ2) is 7.18. The molecule has 26 heavy (non-hydrogen) atoms. The van der Waals surface area contributed by atoms with Crippen LogP contribution < -0.4 is 10.0 Å². The molecule has 0 unspecified atom stereocenters. The average molecular weight is 392 g/mol. The van der Waals surface area contributed by atoms with Gasteiger partial charge in [0.25, 0.3) is 15.9 Å². The van der Waals surface area contributed by atoms with Gasteiger partial charge in [0, 0.05) is 5.56 Å². The van der Waals surface area contributed by atoms with Gasteiger partial charge in [0.1, 0.15) is 11.3 Å². The lowest BCUT2D eigenvalue weighted by Gasteiger charge is -2.11. The summed E-state index contributed by atoms with van der Waals surface area (Å²) in [5.41, 5.74) is 2.03. The van der Waals surface area contributed by atoms with Gasteiger partial charge in [0.2, 0.25) is 5.13 Å². The summed E-state index contributed by atoms with van der Waals surface area (Å²) in [5, 5.41) is 10.2. The number of sulfonamides is 1. The SMILES string of the molecule is Cc1ccc(S(=O)(=O)Nc2ccccc2F)cc1C(=O)Nc1nncs1. The quantitative estimate of drug-likeness (QED) is 0.695. The van der Waals surface area contributed by atoms with Crippen LogP contribution >= 0.6 is 11.3 Å². The predicted octanol–water partition coefficient (Wildman–Crippen LogP) is 3.04. The van der Waals surface area contributed by atoms with E-state index in [1.165, 1.54) is 41.9 Å². The van der Waals surface area contributed by atoms with Crippen LogP contribution in [0.15, 0.2) is 52.9 Å². The maximum absolute atomic E-state index is 13.7. The molecule has 0 fully saturated rings. The fraction of sp³-hybridized carbons (Fsp3) is 0.0625. The molecule has 0 radical (unpaired) electrons. The van der Waals surface area contributed by atoms with Crippen molar-refractivity contribution >= 4 is 38.1 Å². The Morgan fingerprint density at radius 2 is 1.96 bits per heavy atom. The average Bonchev–Trinajstić information content (AvgIpc) is 3.10. The summed E-state index contributed by atoms with van der Waals surface area (Å²) in [5.74, 6) is -1.21. The van der Waals surface area contributed by atoms with E-state index in [2.05, 4.69) is 20.2 Å². The molecular formula is C16H13FN4O3S2. The molecule has 2 aromatic carbocycles. The Morgan fingerprint density at radius 3 is 2.65 bits per heavy atom. The first-order valence-electron chi connectivity index (χ1n) is 7.32. The molecule has 0 atom stereocenters. The van der Waals surface area contributed by atoms with Crippen molar-refractivity contribution in [1.29, 1.82) is 0 Å². The van der Waals surface area contributed by atoms with Gasteiger partial charge in [-0.3, -0.25) is 14.8 Å². The number of hydrogen-bond acceptors (Lipinski definition) is 6. The second-order valence-corrected chi connectivity index (χ2v) is 7.78. The van der Waals surface area contributed by atoms with Crippen molar-refractivity contribution in [3.8, 4) is 0 Å². The van der Waals surface area contributed by atoms with Gasteiger partial charge in [-0.2, -0.15) is 0 Å². The summed E-state index contributed by atoms with van der Waals surface area (Å²) in [4.78, 5) is 12.2. The number of carbonyl (C=O) groups excluding carboxylic acids is 1. The maximum Gasteiger partial charge on any atom is 0.262 e. The molecule has 1 amide bonds. The molecular weight excluding hydrogens is 379 g/mol. The Bertz CT molecular complexity index is 1050. The Labute approximate surface area is 153 Å². The molecule has 1 aromatic heterocycles. The zero-order chi connectivity index (χ0) is 18.7. The Morgan fingerprint density at radius 1 is 1.19 bits per heavy atom. The van der Waals surface area contributed by atoms with Crippen molar-refractivity contribution in [1.82, 2.24) is 10.2 Å². The minimum absolute atomic E-state index is 0.159. The van der Waals surface area contributed by atoms with Gasteiger partial charge in [0.05, 0.1) is 10.6 Å². The van der Waals surface area contributed by atoms with Crippen molar-refractivity contribution in [3.63, 3.8) is 0 Å². The zero-order valence-corrected chi connectivity index (χ0v) is 15.1. The smallest absolute Gasteiger partial charge is 0.262 e. The van der Waals surface area contributed by atoms with Crippen LogP contribution in [0.25, 0.3) is 0 Å². The summed E-state index contributed by atoms with van der Waals surface area (Å²) in [7, 11) is -4.07. The molecule has 0 aliphatic heterocycles. The van der Waals surface area contributed by atoms with Crippen molar-refractivity contribution in [2.75, 3.05) is 10.0 Å². The van der Waals surface area contributed by atoms with E-state index >= 15 is 0 Å². The Kier molecular flexibility index (Phi) is 4.96. The first kappa shape index (κ1) is 18.0. The summed E-state index contributed by atoms with van der Waals surface area (Å²) in [6.07, 6.45) is 0. The van der Waals surface area contributed by atoms with Gasteiger partial charge in [-0.25, -0.2) is 12.8 Å². The number of rotatable bonds is 5. The lowest BCUT2D eigenvalue weighted by Crippen LogP contribution is -2.17. The highest BCUT2D eigenvalue weighted by molar-refractivity contribution is 7.92. The molecule has 0 aliphatic carbocycles. The summed E-state index contributed by atoms with van der Waals surface area (Å²) < 4.78 is 40.9. The first-order chi connectivity index (χ1) is 12.4. The molecule has 0 spiro atoms. The number of carbonyl (C=O) groups is 1. The number of nitrogens with zero attached hydrogens (tertiary/aromatic N) is 2. The number of halogens is 1. The van der Waals surface area contributed by atoms with Crippen LogP contribution in [0.1, 0.15) is 15.9 Å². The lowest BCUT2D eigenvalue weighted by molar-refractivity contribution is 0.102. The lowest BCUT2D eigenvalue weighted by atomic mass is 10.1. The Hall–Kier alpha value is -2.85. The predicted molar refractivity (Wildman–Crippen MR) is 96.2 cm³/mol. The van der Waals surface area contributed by atoms with Crippen molar-refractivity contribution in [2.24, 2.45) is 0 Å². The third kappa shape index (κ3) is 3.86. The highest BCUT2D eigenvalue weighted by Gasteiger charge is 2.20. The molecule has 10 heteroatoms. The molecule has 0 aliphatic rings. The zero-order valence-electron chi connectivity index (χ0n) is 13.4. The van der Waals surface area contributed by atoms with Crippen LogP contribution in [-0.4, -0.2) is 24.5 Å².